The molecule has 6 heteroatoms. The van der Waals surface area contributed by atoms with Crippen molar-refractivity contribution < 1.29 is 19.1 Å². The smallest absolute Gasteiger partial charge is 0.337 e. The van der Waals surface area contributed by atoms with Crippen molar-refractivity contribution >= 4 is 41.2 Å². The molecule has 0 saturated heterocycles. The summed E-state index contributed by atoms with van der Waals surface area (Å²) < 4.78 is 5.79. The molecule has 0 saturated carbocycles. The van der Waals surface area contributed by atoms with Crippen LogP contribution in [0.3, 0.4) is 0 Å². The predicted octanol–water partition coefficient (Wildman–Crippen LogP) is 5.63. The van der Waals surface area contributed by atoms with Crippen molar-refractivity contribution in [2.24, 2.45) is 0 Å². The number of allylic oxidation sites excluding steroid dienone is 1. The summed E-state index contributed by atoms with van der Waals surface area (Å²) in [5.41, 5.74) is 1.40. The molecule has 2 heterocycles. The molecule has 128 valence electrons. The summed E-state index contributed by atoms with van der Waals surface area (Å²) in [7, 11) is 0. The first kappa shape index (κ1) is 16.7. The maximum atomic E-state index is 12.4. The highest BCUT2D eigenvalue weighted by Gasteiger charge is 2.25. The fourth-order valence-corrected chi connectivity index (χ4v) is 3.99. The Morgan fingerprint density at radius 3 is 2.65 bits per heavy atom. The van der Waals surface area contributed by atoms with Crippen molar-refractivity contribution in [2.75, 3.05) is 0 Å². The van der Waals surface area contributed by atoms with Crippen molar-refractivity contribution in [3.63, 3.8) is 0 Å². The number of hydrogen-bond acceptors (Lipinski definition) is 4. The maximum Gasteiger partial charge on any atom is 0.337 e. The molecule has 0 unspecified atom stereocenters. The molecular formula is C20H11ClO4S. The van der Waals surface area contributed by atoms with E-state index in [-0.39, 0.29) is 16.4 Å². The third kappa shape index (κ3) is 2.96. The van der Waals surface area contributed by atoms with E-state index in [2.05, 4.69) is 0 Å². The summed E-state index contributed by atoms with van der Waals surface area (Å²) in [5, 5.41) is 9.18. The lowest BCUT2D eigenvalue weighted by atomic mass is 10.1. The molecule has 3 aromatic rings. The monoisotopic (exact) mass is 382 g/mol. The lowest BCUT2D eigenvalue weighted by Crippen LogP contribution is -1.96. The van der Waals surface area contributed by atoms with E-state index in [4.69, 9.17) is 21.1 Å². The minimum atomic E-state index is -1.08. The van der Waals surface area contributed by atoms with Crippen LogP contribution in [-0.2, 0) is 0 Å². The average Bonchev–Trinajstić information content (AvgIpc) is 3.20. The zero-order valence-electron chi connectivity index (χ0n) is 13.2. The van der Waals surface area contributed by atoms with E-state index in [1.54, 1.807) is 30.3 Å². The number of fused-ring (bicyclic) bond motifs is 1. The number of thioether (sulfide) groups is 1. The number of aromatic carboxylic acids is 1. The van der Waals surface area contributed by atoms with Gasteiger partial charge < -0.3 is 9.52 Å². The van der Waals surface area contributed by atoms with Crippen LogP contribution < -0.4 is 0 Å². The van der Waals surface area contributed by atoms with E-state index in [1.807, 2.05) is 24.3 Å². The molecule has 0 radical (unpaired) electrons. The molecule has 1 aliphatic heterocycles. The van der Waals surface area contributed by atoms with Crippen LogP contribution in [0.15, 0.2) is 68.8 Å². The van der Waals surface area contributed by atoms with Crippen LogP contribution >= 0.6 is 23.4 Å². The topological polar surface area (TPSA) is 67.5 Å². The molecule has 26 heavy (non-hydrogen) atoms. The SMILES string of the molecule is O=C(O)c1ccc(-c2ccc(/C=C3/Sc4ccccc4C3=O)o2)cc1Cl. The number of carbonyl (C=O) groups is 2. The first-order chi connectivity index (χ1) is 12.5. The highest BCUT2D eigenvalue weighted by Crippen LogP contribution is 2.41. The Morgan fingerprint density at radius 2 is 1.92 bits per heavy atom. The number of halogens is 1. The van der Waals surface area contributed by atoms with Crippen LogP contribution in [0, 0.1) is 0 Å². The summed E-state index contributed by atoms with van der Waals surface area (Å²) in [6.45, 7) is 0. The molecule has 0 amide bonds. The third-order valence-electron chi connectivity index (χ3n) is 3.96. The van der Waals surface area contributed by atoms with Gasteiger partial charge in [-0.2, -0.15) is 0 Å². The first-order valence-electron chi connectivity index (χ1n) is 7.69. The van der Waals surface area contributed by atoms with E-state index >= 15 is 0 Å². The highest BCUT2D eigenvalue weighted by atomic mass is 35.5. The number of carboxylic acids is 1. The van der Waals surface area contributed by atoms with Crippen LogP contribution in [0.2, 0.25) is 5.02 Å². The number of Topliss-reactive ketones (excluding diaryl/α,β-unsaturated/α-hetero) is 1. The second-order valence-corrected chi connectivity index (χ2v) is 7.13. The Kier molecular flexibility index (Phi) is 4.18. The molecule has 4 rings (SSSR count). The van der Waals surface area contributed by atoms with E-state index in [0.29, 0.717) is 27.6 Å². The van der Waals surface area contributed by atoms with Crippen molar-refractivity contribution in [1.29, 1.82) is 0 Å². The molecule has 0 spiro atoms. The van der Waals surface area contributed by atoms with Crippen LogP contribution in [0.4, 0.5) is 0 Å². The van der Waals surface area contributed by atoms with Gasteiger partial charge in [0, 0.05) is 16.0 Å². The Balaban J connectivity index is 1.63. The van der Waals surface area contributed by atoms with Gasteiger partial charge in [-0.25, -0.2) is 4.79 Å². The standard InChI is InChI=1S/C20H11ClO4S/c21-15-9-11(5-7-13(15)20(23)24)16-8-6-12(25-16)10-18-19(22)14-3-1-2-4-17(14)26-18/h1-10H,(H,23,24)/b18-10+. The fraction of sp³-hybridized carbons (Fsp3) is 0. The minimum Gasteiger partial charge on any atom is -0.478 e. The van der Waals surface area contributed by atoms with Crippen molar-refractivity contribution in [1.82, 2.24) is 0 Å². The van der Waals surface area contributed by atoms with Crippen molar-refractivity contribution in [3.8, 4) is 11.3 Å². The van der Waals surface area contributed by atoms with Crippen molar-refractivity contribution in [2.45, 2.75) is 4.90 Å². The number of rotatable bonds is 3. The molecule has 1 aliphatic rings. The summed E-state index contributed by atoms with van der Waals surface area (Å²) in [6.07, 6.45) is 1.71. The second-order valence-electron chi connectivity index (χ2n) is 5.64. The second kappa shape index (κ2) is 6.52. The zero-order valence-corrected chi connectivity index (χ0v) is 14.8. The zero-order chi connectivity index (χ0) is 18.3. The van der Waals surface area contributed by atoms with E-state index in [9.17, 15) is 9.59 Å². The fourth-order valence-electron chi connectivity index (χ4n) is 2.69. The molecule has 0 aliphatic carbocycles. The summed E-state index contributed by atoms with van der Waals surface area (Å²) in [5.74, 6) is -0.00843. The number of hydrogen-bond donors (Lipinski definition) is 1. The summed E-state index contributed by atoms with van der Waals surface area (Å²) in [4.78, 5) is 25.0. The number of carbonyl (C=O) groups excluding carboxylic acids is 1. The quantitative estimate of drug-likeness (QED) is 0.595. The molecule has 4 nitrogen and oxygen atoms in total. The molecule has 0 bridgehead atoms. The van der Waals surface area contributed by atoms with Crippen LogP contribution in [0.5, 0.6) is 0 Å². The summed E-state index contributed by atoms with van der Waals surface area (Å²) >= 11 is 7.42. The van der Waals surface area contributed by atoms with Gasteiger partial charge in [-0.15, -0.1) is 0 Å². The molecule has 1 aromatic heterocycles. The van der Waals surface area contributed by atoms with Gasteiger partial charge in [0.25, 0.3) is 0 Å². The third-order valence-corrected chi connectivity index (χ3v) is 5.37. The Bertz CT molecular complexity index is 1080. The molecular weight excluding hydrogens is 372 g/mol. The lowest BCUT2D eigenvalue weighted by Gasteiger charge is -2.01. The van der Waals surface area contributed by atoms with Gasteiger partial charge in [0.15, 0.2) is 0 Å². The number of carboxylic acid groups (broad SMARTS) is 1. The van der Waals surface area contributed by atoms with Gasteiger partial charge in [0.1, 0.15) is 11.5 Å². The van der Waals surface area contributed by atoms with Gasteiger partial charge in [0.05, 0.1) is 15.5 Å². The largest absolute Gasteiger partial charge is 0.478 e. The average molecular weight is 383 g/mol. The van der Waals surface area contributed by atoms with E-state index < -0.39 is 5.97 Å². The van der Waals surface area contributed by atoms with Gasteiger partial charge in [-0.1, -0.05) is 41.6 Å². The Hall–Kier alpha value is -2.76. The van der Waals surface area contributed by atoms with Gasteiger partial charge in [-0.3, -0.25) is 4.79 Å². The van der Waals surface area contributed by atoms with Crippen LogP contribution in [0.25, 0.3) is 17.4 Å². The Morgan fingerprint density at radius 1 is 1.12 bits per heavy atom. The minimum absolute atomic E-state index is 0.0163. The first-order valence-corrected chi connectivity index (χ1v) is 8.89. The van der Waals surface area contributed by atoms with Crippen molar-refractivity contribution in [3.05, 3.63) is 81.4 Å². The predicted molar refractivity (Wildman–Crippen MR) is 101 cm³/mol. The maximum absolute atomic E-state index is 12.4. The summed E-state index contributed by atoms with van der Waals surface area (Å²) in [6, 6.07) is 15.6. The molecule has 1 N–H and O–H groups in total. The number of furan rings is 1. The Labute approximate surface area is 158 Å². The molecule has 0 fully saturated rings. The van der Waals surface area contributed by atoms with E-state index in [0.717, 1.165) is 4.90 Å². The van der Waals surface area contributed by atoms with Crippen LogP contribution in [-0.4, -0.2) is 16.9 Å². The normalized spacial score (nSPS) is 14.7. The van der Waals surface area contributed by atoms with E-state index in [1.165, 1.54) is 17.8 Å². The molecule has 2 aromatic carbocycles. The number of benzene rings is 2. The van der Waals surface area contributed by atoms with Crippen LogP contribution in [0.1, 0.15) is 26.5 Å². The lowest BCUT2D eigenvalue weighted by molar-refractivity contribution is 0.0697. The number of ketones is 1. The van der Waals surface area contributed by atoms with Gasteiger partial charge in [0.2, 0.25) is 5.78 Å². The molecule has 0 atom stereocenters. The highest BCUT2D eigenvalue weighted by molar-refractivity contribution is 8.04. The van der Waals surface area contributed by atoms with Gasteiger partial charge in [-0.05, 0) is 42.5 Å². The van der Waals surface area contributed by atoms with Gasteiger partial charge >= 0.3 is 5.97 Å².